The molecule has 0 bridgehead atoms. The molecule has 0 aliphatic rings. The zero-order valence-corrected chi connectivity index (χ0v) is 18.8. The molecule has 0 saturated carbocycles. The first-order valence-electron chi connectivity index (χ1n) is 11.4. The Labute approximate surface area is 196 Å². The van der Waals surface area contributed by atoms with Crippen molar-refractivity contribution in [2.24, 2.45) is 0 Å². The third-order valence-electron chi connectivity index (χ3n) is 5.68. The summed E-state index contributed by atoms with van der Waals surface area (Å²) in [7, 11) is 0. The summed E-state index contributed by atoms with van der Waals surface area (Å²) in [4.78, 5) is 18.1. The normalized spacial score (nSPS) is 11.3. The maximum absolute atomic E-state index is 13.1. The van der Waals surface area contributed by atoms with E-state index in [0.29, 0.717) is 45.0 Å². The molecule has 0 amide bonds. The van der Waals surface area contributed by atoms with Crippen molar-refractivity contribution in [2.45, 2.75) is 32.6 Å². The van der Waals surface area contributed by atoms with Crippen LogP contribution in [-0.4, -0.2) is 27.4 Å². The number of hydrogen-bond donors (Lipinski definition) is 0. The molecule has 0 atom stereocenters. The van der Waals surface area contributed by atoms with E-state index in [1.807, 2.05) is 24.3 Å². The van der Waals surface area contributed by atoms with Crippen molar-refractivity contribution in [3.8, 4) is 17.2 Å². The van der Waals surface area contributed by atoms with Gasteiger partial charge in [0.1, 0.15) is 16.5 Å². The predicted octanol–water partition coefficient (Wildman–Crippen LogP) is 5.13. The van der Waals surface area contributed by atoms with Gasteiger partial charge in [-0.3, -0.25) is 0 Å². The molecule has 2 aromatic heterocycles. The van der Waals surface area contributed by atoms with E-state index in [-0.39, 0.29) is 0 Å². The topological polar surface area (TPSA) is 97.1 Å². The third-order valence-corrected chi connectivity index (χ3v) is 5.68. The summed E-state index contributed by atoms with van der Waals surface area (Å²) in [6.07, 6.45) is 4.65. The molecule has 3 aromatic carbocycles. The van der Waals surface area contributed by atoms with Crippen LogP contribution in [0.2, 0.25) is 0 Å². The Morgan fingerprint density at radius 3 is 2.71 bits per heavy atom. The number of oxazole rings is 1. The van der Waals surface area contributed by atoms with Crippen LogP contribution in [0.3, 0.4) is 0 Å². The Hall–Kier alpha value is -4.20. The van der Waals surface area contributed by atoms with Gasteiger partial charge >= 0.3 is 5.91 Å². The second-order valence-electron chi connectivity index (χ2n) is 8.10. The maximum atomic E-state index is 13.1. The number of nitrogens with zero attached hydrogens (tertiary/aromatic N) is 4. The van der Waals surface area contributed by atoms with Gasteiger partial charge in [-0.25, -0.2) is 9.78 Å². The van der Waals surface area contributed by atoms with Crippen LogP contribution in [0.4, 0.5) is 0 Å². The van der Waals surface area contributed by atoms with E-state index >= 15 is 0 Å². The molecular formula is C26H24N4O4. The number of aromatic nitrogens is 4. The number of rotatable bonds is 8. The number of unbranched alkanes of at least 4 members (excludes halogenated alkanes) is 3. The molecule has 0 fully saturated rings. The highest BCUT2D eigenvalue weighted by Gasteiger charge is 2.23. The first-order chi connectivity index (χ1) is 16.6. The standard InChI is InChI=1S/C26H24N4O4/c1-2-3-4-7-16-33-20-13-10-18(11-14-20)25-27-21-17-19(12-15-24(21)34-25)26(31)29-22-8-5-6-9-23(22)30(32)28-29/h5-6,8-15,17H,2-4,7,16H2,1H3. The molecule has 5 rings (SSSR count). The molecule has 0 saturated heterocycles. The smallest absolute Gasteiger partial charge is 0.366 e. The molecule has 0 aliphatic carbocycles. The van der Waals surface area contributed by atoms with Crippen molar-refractivity contribution in [3.63, 3.8) is 0 Å². The highest BCUT2D eigenvalue weighted by atomic mass is 16.5. The number of fused-ring (bicyclic) bond motifs is 2. The van der Waals surface area contributed by atoms with E-state index in [9.17, 15) is 10.0 Å². The lowest BCUT2D eigenvalue weighted by Gasteiger charge is -2.06. The van der Waals surface area contributed by atoms with Crippen molar-refractivity contribution >= 4 is 28.0 Å². The monoisotopic (exact) mass is 456 g/mol. The number of benzene rings is 3. The Balaban J connectivity index is 1.35. The molecule has 8 heteroatoms. The van der Waals surface area contributed by atoms with Gasteiger partial charge in [0.25, 0.3) is 0 Å². The van der Waals surface area contributed by atoms with Crippen LogP contribution in [0, 0.1) is 5.21 Å². The number of para-hydroxylation sites is 2. The molecule has 0 aliphatic heterocycles. The van der Waals surface area contributed by atoms with Gasteiger partial charge in [0.05, 0.1) is 12.2 Å². The molecule has 0 unspecified atom stereocenters. The van der Waals surface area contributed by atoms with Gasteiger partial charge < -0.3 is 14.4 Å². The zero-order valence-electron chi connectivity index (χ0n) is 18.8. The quantitative estimate of drug-likeness (QED) is 0.182. The lowest BCUT2D eigenvalue weighted by Crippen LogP contribution is -2.31. The first-order valence-corrected chi connectivity index (χ1v) is 11.4. The fourth-order valence-electron chi connectivity index (χ4n) is 3.85. The Bertz CT molecular complexity index is 1450. The Kier molecular flexibility index (Phi) is 5.95. The van der Waals surface area contributed by atoms with E-state index in [4.69, 9.17) is 9.15 Å². The first kappa shape index (κ1) is 21.6. The fraction of sp³-hybridized carbons (Fsp3) is 0.231. The minimum atomic E-state index is -0.419. The van der Waals surface area contributed by atoms with Crippen LogP contribution >= 0.6 is 0 Å². The second kappa shape index (κ2) is 9.35. The van der Waals surface area contributed by atoms with Gasteiger partial charge in [-0.1, -0.05) is 43.0 Å². The SMILES string of the molecule is CCCCCCOc1ccc(-c2nc3cc(C(=O)n4n[n+]([O-])c5ccccc54)ccc3o2)cc1. The van der Waals surface area contributed by atoms with E-state index in [1.54, 1.807) is 42.5 Å². The van der Waals surface area contributed by atoms with Gasteiger partial charge in [-0.05, 0) is 61.0 Å². The highest BCUT2D eigenvalue weighted by Crippen LogP contribution is 2.27. The van der Waals surface area contributed by atoms with Crippen LogP contribution in [-0.2, 0) is 0 Å². The van der Waals surface area contributed by atoms with Crippen molar-refractivity contribution in [1.29, 1.82) is 0 Å². The summed E-state index contributed by atoms with van der Waals surface area (Å²) in [6, 6.07) is 19.4. The number of carbonyl (C=O) groups excluding carboxylic acids is 1. The summed E-state index contributed by atoms with van der Waals surface area (Å²) >= 11 is 0. The summed E-state index contributed by atoms with van der Waals surface area (Å²) < 4.78 is 12.8. The Morgan fingerprint density at radius 1 is 1.06 bits per heavy atom. The van der Waals surface area contributed by atoms with Crippen molar-refractivity contribution in [1.82, 2.24) is 14.9 Å². The number of ether oxygens (including phenoxy) is 1. The van der Waals surface area contributed by atoms with Gasteiger partial charge in [0, 0.05) is 5.56 Å². The van der Waals surface area contributed by atoms with Gasteiger partial charge in [0.2, 0.25) is 16.9 Å². The number of hydrogen-bond acceptors (Lipinski definition) is 6. The molecular weight excluding hydrogens is 432 g/mol. The zero-order chi connectivity index (χ0) is 23.5. The molecule has 0 N–H and O–H groups in total. The van der Waals surface area contributed by atoms with Gasteiger partial charge in [-0.2, -0.15) is 0 Å². The summed E-state index contributed by atoms with van der Waals surface area (Å²) in [5, 5.41) is 15.8. The third kappa shape index (κ3) is 4.22. The van der Waals surface area contributed by atoms with E-state index in [0.717, 1.165) is 22.4 Å². The summed E-state index contributed by atoms with van der Waals surface area (Å²) in [5.41, 5.74) is 3.04. The van der Waals surface area contributed by atoms with Crippen LogP contribution in [0.15, 0.2) is 71.1 Å². The van der Waals surface area contributed by atoms with Crippen molar-refractivity contribution in [3.05, 3.63) is 77.5 Å². The van der Waals surface area contributed by atoms with E-state index in [1.165, 1.54) is 19.3 Å². The molecule has 34 heavy (non-hydrogen) atoms. The van der Waals surface area contributed by atoms with Crippen LogP contribution < -0.4 is 9.58 Å². The summed E-state index contributed by atoms with van der Waals surface area (Å²) in [5.74, 6) is 0.847. The van der Waals surface area contributed by atoms with E-state index < -0.39 is 5.91 Å². The molecule has 5 aromatic rings. The summed E-state index contributed by atoms with van der Waals surface area (Å²) in [6.45, 7) is 2.89. The number of carbonyl (C=O) groups is 1. The second-order valence-corrected chi connectivity index (χ2v) is 8.10. The molecule has 0 radical (unpaired) electrons. The lowest BCUT2D eigenvalue weighted by molar-refractivity contribution is -0.645. The average molecular weight is 457 g/mol. The van der Waals surface area contributed by atoms with Crippen molar-refractivity contribution in [2.75, 3.05) is 6.61 Å². The Morgan fingerprint density at radius 2 is 1.88 bits per heavy atom. The van der Waals surface area contributed by atoms with Crippen molar-refractivity contribution < 1.29 is 18.8 Å². The van der Waals surface area contributed by atoms with Crippen LogP contribution in [0.25, 0.3) is 33.6 Å². The van der Waals surface area contributed by atoms with Gasteiger partial charge in [0.15, 0.2) is 5.58 Å². The highest BCUT2D eigenvalue weighted by molar-refractivity contribution is 6.01. The largest absolute Gasteiger partial charge is 0.691 e. The van der Waals surface area contributed by atoms with Crippen LogP contribution in [0.1, 0.15) is 43.0 Å². The van der Waals surface area contributed by atoms with Crippen LogP contribution in [0.5, 0.6) is 5.75 Å². The maximum Gasteiger partial charge on any atom is 0.366 e. The molecule has 8 nitrogen and oxygen atoms in total. The fourth-order valence-corrected chi connectivity index (χ4v) is 3.85. The molecule has 172 valence electrons. The molecule has 2 heterocycles. The van der Waals surface area contributed by atoms with Gasteiger partial charge in [-0.15, -0.1) is 4.85 Å². The molecule has 0 spiro atoms. The predicted molar refractivity (Wildman–Crippen MR) is 128 cm³/mol. The minimum Gasteiger partial charge on any atom is -0.691 e. The van der Waals surface area contributed by atoms with E-state index in [2.05, 4.69) is 17.1 Å². The lowest BCUT2D eigenvalue weighted by atomic mass is 10.2. The minimum absolute atomic E-state index is 0.328. The average Bonchev–Trinajstić information content (AvgIpc) is 3.45.